The van der Waals surface area contributed by atoms with Gasteiger partial charge in [0.15, 0.2) is 0 Å². The molecule has 98 valence electrons. The molecule has 0 fully saturated rings. The first kappa shape index (κ1) is 15.9. The Bertz CT molecular complexity index is 166. The molecule has 0 heterocycles. The van der Waals surface area contributed by atoms with E-state index in [9.17, 15) is 5.11 Å². The molecule has 0 aromatic carbocycles. The molecule has 0 aliphatic carbocycles. The van der Waals surface area contributed by atoms with Gasteiger partial charge in [-0.25, -0.2) is 0 Å². The Morgan fingerprint density at radius 2 is 1.81 bits per heavy atom. The fraction of sp³-hybridized carbons (Fsp3) is 1.00. The number of nitrogens with two attached hydrogens (primary N) is 1. The van der Waals surface area contributed by atoms with E-state index in [1.807, 2.05) is 0 Å². The third kappa shape index (κ3) is 6.46. The van der Waals surface area contributed by atoms with Crippen molar-refractivity contribution in [3.05, 3.63) is 0 Å². The summed E-state index contributed by atoms with van der Waals surface area (Å²) in [6, 6.07) is -0.122. The van der Waals surface area contributed by atoms with Gasteiger partial charge in [-0.1, -0.05) is 47.0 Å². The van der Waals surface area contributed by atoms with Crippen LogP contribution in [-0.4, -0.2) is 30.5 Å². The first-order chi connectivity index (χ1) is 7.43. The van der Waals surface area contributed by atoms with E-state index in [4.69, 9.17) is 10.5 Å². The van der Waals surface area contributed by atoms with Crippen LogP contribution in [-0.2, 0) is 4.74 Å². The molecule has 0 saturated carbocycles. The summed E-state index contributed by atoms with van der Waals surface area (Å²) >= 11 is 0. The summed E-state index contributed by atoms with van der Waals surface area (Å²) in [5.74, 6) is 0. The lowest BCUT2D eigenvalue weighted by Crippen LogP contribution is -2.48. The van der Waals surface area contributed by atoms with Crippen LogP contribution in [0, 0.1) is 5.41 Å². The lowest BCUT2D eigenvalue weighted by Gasteiger charge is -2.33. The molecule has 0 rings (SSSR count). The zero-order valence-electron chi connectivity index (χ0n) is 11.3. The van der Waals surface area contributed by atoms with Gasteiger partial charge in [0, 0.05) is 12.6 Å². The molecular formula is C13H29NO2. The monoisotopic (exact) mass is 231 g/mol. The fourth-order valence-corrected chi connectivity index (χ4v) is 1.59. The maximum atomic E-state index is 9.26. The van der Waals surface area contributed by atoms with E-state index in [0.717, 1.165) is 6.42 Å². The standard InChI is InChI=1S/C13H29NO2/c1-5-6-7-8-9-16-11(10-15)12(14)13(2,3)4/h11-12,15H,5-10,14H2,1-4H3. The third-order valence-corrected chi connectivity index (χ3v) is 2.91. The highest BCUT2D eigenvalue weighted by molar-refractivity contribution is 4.84. The highest BCUT2D eigenvalue weighted by atomic mass is 16.5. The molecule has 16 heavy (non-hydrogen) atoms. The predicted octanol–water partition coefficient (Wildman–Crippen LogP) is 2.32. The number of unbranched alkanes of at least 4 members (excludes halogenated alkanes) is 3. The molecule has 0 radical (unpaired) electrons. The normalized spacial score (nSPS) is 16.1. The smallest absolute Gasteiger partial charge is 0.0961 e. The van der Waals surface area contributed by atoms with Gasteiger partial charge in [-0.05, 0) is 11.8 Å². The van der Waals surface area contributed by atoms with Crippen molar-refractivity contribution in [3.8, 4) is 0 Å². The molecule has 0 bridgehead atoms. The maximum absolute atomic E-state index is 9.26. The number of hydrogen-bond acceptors (Lipinski definition) is 3. The molecule has 0 aliphatic heterocycles. The molecule has 0 aromatic heterocycles. The van der Waals surface area contributed by atoms with Gasteiger partial charge in [-0.3, -0.25) is 0 Å². The highest BCUT2D eigenvalue weighted by Crippen LogP contribution is 2.21. The summed E-state index contributed by atoms with van der Waals surface area (Å²) < 4.78 is 5.65. The van der Waals surface area contributed by atoms with Gasteiger partial charge in [-0.2, -0.15) is 0 Å². The SMILES string of the molecule is CCCCCCOC(CO)C(N)C(C)(C)C. The Balaban J connectivity index is 3.83. The zero-order valence-corrected chi connectivity index (χ0v) is 11.3. The minimum absolute atomic E-state index is 0.00617. The number of aliphatic hydroxyl groups excluding tert-OH is 1. The van der Waals surface area contributed by atoms with Gasteiger partial charge >= 0.3 is 0 Å². The molecule has 0 saturated heterocycles. The van der Waals surface area contributed by atoms with Crippen LogP contribution in [0.1, 0.15) is 53.4 Å². The van der Waals surface area contributed by atoms with Crippen LogP contribution in [0.4, 0.5) is 0 Å². The van der Waals surface area contributed by atoms with Crippen LogP contribution in [0.25, 0.3) is 0 Å². The maximum Gasteiger partial charge on any atom is 0.0961 e. The van der Waals surface area contributed by atoms with Gasteiger partial charge in [0.05, 0.1) is 12.7 Å². The molecule has 3 heteroatoms. The molecular weight excluding hydrogens is 202 g/mol. The van der Waals surface area contributed by atoms with E-state index in [2.05, 4.69) is 27.7 Å². The third-order valence-electron chi connectivity index (χ3n) is 2.91. The summed E-state index contributed by atoms with van der Waals surface area (Å²) in [5.41, 5.74) is 6.03. The molecule has 2 unspecified atom stereocenters. The van der Waals surface area contributed by atoms with Crippen LogP contribution in [0.3, 0.4) is 0 Å². The molecule has 0 spiro atoms. The summed E-state index contributed by atoms with van der Waals surface area (Å²) in [7, 11) is 0. The second-order valence-corrected chi connectivity index (χ2v) is 5.54. The Kier molecular flexibility index (Phi) is 7.98. The van der Waals surface area contributed by atoms with Crippen LogP contribution in [0.15, 0.2) is 0 Å². The van der Waals surface area contributed by atoms with Gasteiger partial charge in [0.2, 0.25) is 0 Å². The number of aliphatic hydroxyl groups is 1. The second kappa shape index (κ2) is 8.04. The summed E-state index contributed by atoms with van der Waals surface area (Å²) in [4.78, 5) is 0. The first-order valence-electron chi connectivity index (χ1n) is 6.41. The van der Waals surface area contributed by atoms with E-state index in [0.29, 0.717) is 6.61 Å². The van der Waals surface area contributed by atoms with Crippen molar-refractivity contribution in [2.24, 2.45) is 11.1 Å². The minimum Gasteiger partial charge on any atom is -0.394 e. The van der Waals surface area contributed by atoms with Crippen LogP contribution in [0.5, 0.6) is 0 Å². The van der Waals surface area contributed by atoms with E-state index >= 15 is 0 Å². The second-order valence-electron chi connectivity index (χ2n) is 5.54. The summed E-state index contributed by atoms with van der Waals surface area (Å²) in [6.07, 6.45) is 4.49. The predicted molar refractivity (Wildman–Crippen MR) is 68.4 cm³/mol. The number of rotatable bonds is 8. The fourth-order valence-electron chi connectivity index (χ4n) is 1.59. The van der Waals surface area contributed by atoms with Crippen molar-refractivity contribution < 1.29 is 9.84 Å². The van der Waals surface area contributed by atoms with Crippen molar-refractivity contribution in [3.63, 3.8) is 0 Å². The van der Waals surface area contributed by atoms with Gasteiger partial charge in [0.1, 0.15) is 0 Å². The highest BCUT2D eigenvalue weighted by Gasteiger charge is 2.28. The molecule has 0 aliphatic rings. The Hall–Kier alpha value is -0.120. The van der Waals surface area contributed by atoms with E-state index in [-0.39, 0.29) is 24.2 Å². The lowest BCUT2D eigenvalue weighted by molar-refractivity contribution is -0.0255. The lowest BCUT2D eigenvalue weighted by atomic mass is 9.84. The van der Waals surface area contributed by atoms with Crippen LogP contribution >= 0.6 is 0 Å². The number of ether oxygens (including phenoxy) is 1. The zero-order chi connectivity index (χ0) is 12.6. The van der Waals surface area contributed by atoms with Crippen molar-refractivity contribution in [1.29, 1.82) is 0 Å². The Morgan fingerprint density at radius 1 is 1.19 bits per heavy atom. The topological polar surface area (TPSA) is 55.5 Å². The number of hydrogen-bond donors (Lipinski definition) is 2. The van der Waals surface area contributed by atoms with E-state index in [1.54, 1.807) is 0 Å². The minimum atomic E-state index is -0.235. The van der Waals surface area contributed by atoms with Crippen molar-refractivity contribution in [2.45, 2.75) is 65.5 Å². The van der Waals surface area contributed by atoms with E-state index < -0.39 is 0 Å². The van der Waals surface area contributed by atoms with Crippen LogP contribution in [0.2, 0.25) is 0 Å². The van der Waals surface area contributed by atoms with E-state index in [1.165, 1.54) is 19.3 Å². The van der Waals surface area contributed by atoms with Crippen LogP contribution < -0.4 is 5.73 Å². The molecule has 2 atom stereocenters. The quantitative estimate of drug-likeness (QED) is 0.630. The van der Waals surface area contributed by atoms with Gasteiger partial charge < -0.3 is 15.6 Å². The van der Waals surface area contributed by atoms with Crippen molar-refractivity contribution in [1.82, 2.24) is 0 Å². The first-order valence-corrected chi connectivity index (χ1v) is 6.41. The summed E-state index contributed by atoms with van der Waals surface area (Å²) in [5, 5.41) is 9.26. The average Bonchev–Trinajstić information content (AvgIpc) is 2.21. The largest absolute Gasteiger partial charge is 0.394 e. The summed E-state index contributed by atoms with van der Waals surface area (Å²) in [6.45, 7) is 9.11. The Morgan fingerprint density at radius 3 is 2.25 bits per heavy atom. The molecule has 3 N–H and O–H groups in total. The average molecular weight is 231 g/mol. The van der Waals surface area contributed by atoms with Gasteiger partial charge in [0.25, 0.3) is 0 Å². The van der Waals surface area contributed by atoms with Crippen molar-refractivity contribution >= 4 is 0 Å². The Labute approximate surface area is 100 Å². The molecule has 0 amide bonds. The molecule has 3 nitrogen and oxygen atoms in total. The van der Waals surface area contributed by atoms with Gasteiger partial charge in [-0.15, -0.1) is 0 Å². The molecule has 0 aromatic rings. The van der Waals surface area contributed by atoms with Crippen molar-refractivity contribution in [2.75, 3.05) is 13.2 Å².